The zero-order valence-electron chi connectivity index (χ0n) is 16.8. The molecule has 6 heteroatoms. The number of nitriles is 1. The summed E-state index contributed by atoms with van der Waals surface area (Å²) in [6, 6.07) is 12.6. The fourth-order valence-corrected chi connectivity index (χ4v) is 4.44. The van der Waals surface area contributed by atoms with Crippen LogP contribution in [-0.2, 0) is 18.5 Å². The lowest BCUT2D eigenvalue weighted by molar-refractivity contribution is 0.713. The van der Waals surface area contributed by atoms with Crippen molar-refractivity contribution in [2.45, 2.75) is 45.7 Å². The van der Waals surface area contributed by atoms with Gasteiger partial charge in [-0.15, -0.1) is 0 Å². The summed E-state index contributed by atoms with van der Waals surface area (Å²) >= 11 is 2.24. The lowest BCUT2D eigenvalue weighted by atomic mass is 9.91. The van der Waals surface area contributed by atoms with Gasteiger partial charge in [-0.25, -0.2) is 9.97 Å². The molecule has 0 spiro atoms. The van der Waals surface area contributed by atoms with Gasteiger partial charge in [0.15, 0.2) is 5.65 Å². The predicted octanol–water partition coefficient (Wildman–Crippen LogP) is 5.25. The number of hydrogen-bond donors (Lipinski definition) is 0. The first-order valence-corrected chi connectivity index (χ1v) is 10.8. The molecular weight excluding hydrogens is 473 g/mol. The Morgan fingerprint density at radius 1 is 1.17 bits per heavy atom. The quantitative estimate of drug-likeness (QED) is 0.454. The minimum atomic E-state index is -0.906. The third kappa shape index (κ3) is 3.27. The Balaban J connectivity index is 1.70. The number of imidazole rings is 1. The Hall–Kier alpha value is -2.53. The van der Waals surface area contributed by atoms with Crippen LogP contribution in [0.25, 0.3) is 11.2 Å². The molecule has 1 unspecified atom stereocenters. The maximum Gasteiger partial charge on any atom is 0.202 e. The molecule has 0 fully saturated rings. The standard InChI is InChI=1S/C23H22IN5/c1-4-5-19-28-20-15(2)10-11-26-22(20)29(19)13-17-6-8-18(9-7-17)23(14-25)21(24)16(3)12-27-23/h6-12H,4-5,13H2,1-3H3. The number of pyridine rings is 1. The molecule has 1 aromatic carbocycles. The van der Waals surface area contributed by atoms with Crippen LogP contribution >= 0.6 is 22.6 Å². The van der Waals surface area contributed by atoms with Crippen LogP contribution < -0.4 is 0 Å². The number of hydrogen-bond acceptors (Lipinski definition) is 4. The van der Waals surface area contributed by atoms with E-state index in [0.29, 0.717) is 6.54 Å². The summed E-state index contributed by atoms with van der Waals surface area (Å²) in [4.78, 5) is 14.0. The summed E-state index contributed by atoms with van der Waals surface area (Å²) in [7, 11) is 0. The van der Waals surface area contributed by atoms with Crippen LogP contribution in [0.2, 0.25) is 0 Å². The van der Waals surface area contributed by atoms with Gasteiger partial charge in [0.2, 0.25) is 5.54 Å². The molecule has 3 aromatic rings. The van der Waals surface area contributed by atoms with Crippen molar-refractivity contribution in [1.82, 2.24) is 14.5 Å². The Morgan fingerprint density at radius 3 is 2.55 bits per heavy atom. The van der Waals surface area contributed by atoms with Crippen molar-refractivity contribution in [3.05, 3.63) is 68.2 Å². The van der Waals surface area contributed by atoms with Gasteiger partial charge in [-0.05, 0) is 71.2 Å². The summed E-state index contributed by atoms with van der Waals surface area (Å²) in [5, 5.41) is 9.85. The van der Waals surface area contributed by atoms with Crippen LogP contribution in [0.4, 0.5) is 0 Å². The second kappa shape index (κ2) is 7.71. The summed E-state index contributed by atoms with van der Waals surface area (Å²) in [5.41, 5.74) is 5.25. The van der Waals surface area contributed by atoms with Crippen LogP contribution in [0.1, 0.15) is 42.8 Å². The summed E-state index contributed by atoms with van der Waals surface area (Å²) < 4.78 is 3.18. The lowest BCUT2D eigenvalue weighted by Crippen LogP contribution is -2.19. The van der Waals surface area contributed by atoms with E-state index in [-0.39, 0.29) is 0 Å². The van der Waals surface area contributed by atoms with Crippen molar-refractivity contribution in [2.75, 3.05) is 0 Å². The van der Waals surface area contributed by atoms with Gasteiger partial charge in [0.05, 0.1) is 6.54 Å². The molecule has 3 heterocycles. The van der Waals surface area contributed by atoms with Gasteiger partial charge in [-0.3, -0.25) is 4.99 Å². The van der Waals surface area contributed by atoms with Crippen LogP contribution in [0.15, 0.2) is 50.7 Å². The van der Waals surface area contributed by atoms with E-state index in [2.05, 4.69) is 69.2 Å². The number of aliphatic imine (C=N–C) groups is 1. The number of allylic oxidation sites excluding steroid dienone is 1. The normalized spacial score (nSPS) is 18.6. The highest BCUT2D eigenvalue weighted by Gasteiger charge is 2.38. The first kappa shape index (κ1) is 19.8. The molecule has 5 nitrogen and oxygen atoms in total. The van der Waals surface area contributed by atoms with Gasteiger partial charge >= 0.3 is 0 Å². The predicted molar refractivity (Wildman–Crippen MR) is 124 cm³/mol. The molecule has 0 bridgehead atoms. The molecule has 0 aliphatic carbocycles. The third-order valence-corrected chi connectivity index (χ3v) is 7.01. The van der Waals surface area contributed by atoms with Crippen molar-refractivity contribution in [2.24, 2.45) is 4.99 Å². The number of aromatic nitrogens is 3. The highest BCUT2D eigenvalue weighted by atomic mass is 127. The molecule has 2 aromatic heterocycles. The van der Waals surface area contributed by atoms with Crippen molar-refractivity contribution in [1.29, 1.82) is 5.26 Å². The fraction of sp³-hybridized carbons (Fsp3) is 0.304. The third-order valence-electron chi connectivity index (χ3n) is 5.38. The molecule has 0 saturated heterocycles. The topological polar surface area (TPSA) is 66.9 Å². The van der Waals surface area contributed by atoms with Gasteiger partial charge in [0, 0.05) is 22.4 Å². The molecule has 0 N–H and O–H groups in total. The number of halogens is 1. The maximum absolute atomic E-state index is 9.85. The van der Waals surface area contributed by atoms with Gasteiger partial charge in [-0.1, -0.05) is 31.2 Å². The molecule has 0 amide bonds. The van der Waals surface area contributed by atoms with E-state index in [1.807, 2.05) is 31.3 Å². The number of rotatable bonds is 5. The Kier molecular flexibility index (Phi) is 5.26. The van der Waals surface area contributed by atoms with Crippen molar-refractivity contribution in [3.8, 4) is 6.07 Å². The smallest absolute Gasteiger partial charge is 0.202 e. The fourth-order valence-electron chi connectivity index (χ4n) is 3.73. The van der Waals surface area contributed by atoms with Crippen LogP contribution in [0.3, 0.4) is 0 Å². The molecule has 4 rings (SSSR count). The minimum absolute atomic E-state index is 0.706. The number of fused-ring (bicyclic) bond motifs is 1. The van der Waals surface area contributed by atoms with Gasteiger partial charge < -0.3 is 4.57 Å². The Bertz CT molecular complexity index is 1180. The average molecular weight is 495 g/mol. The average Bonchev–Trinajstić information content (AvgIpc) is 3.22. The minimum Gasteiger partial charge on any atom is -0.308 e. The van der Waals surface area contributed by atoms with E-state index < -0.39 is 5.54 Å². The van der Waals surface area contributed by atoms with E-state index in [9.17, 15) is 5.26 Å². The van der Waals surface area contributed by atoms with E-state index in [1.54, 1.807) is 6.21 Å². The first-order chi connectivity index (χ1) is 14.0. The Labute approximate surface area is 184 Å². The van der Waals surface area contributed by atoms with Crippen LogP contribution in [0, 0.1) is 18.3 Å². The molecule has 1 atom stereocenters. The monoisotopic (exact) mass is 495 g/mol. The first-order valence-electron chi connectivity index (χ1n) is 9.73. The lowest BCUT2D eigenvalue weighted by Gasteiger charge is -2.20. The van der Waals surface area contributed by atoms with Gasteiger partial charge in [-0.2, -0.15) is 5.26 Å². The molecule has 29 heavy (non-hydrogen) atoms. The van der Waals surface area contributed by atoms with Gasteiger partial charge in [0.1, 0.15) is 17.4 Å². The van der Waals surface area contributed by atoms with Crippen molar-refractivity contribution < 1.29 is 0 Å². The second-order valence-corrected chi connectivity index (χ2v) is 8.52. The second-order valence-electron chi connectivity index (χ2n) is 7.44. The van der Waals surface area contributed by atoms with Crippen LogP contribution in [0.5, 0.6) is 0 Å². The van der Waals surface area contributed by atoms with E-state index >= 15 is 0 Å². The van der Waals surface area contributed by atoms with E-state index in [1.165, 1.54) is 0 Å². The number of benzene rings is 1. The summed E-state index contributed by atoms with van der Waals surface area (Å²) in [6.45, 7) is 6.94. The van der Waals surface area contributed by atoms with Crippen molar-refractivity contribution >= 4 is 40.0 Å². The molecule has 1 aliphatic rings. The number of aryl methyl sites for hydroxylation is 2. The molecule has 1 aliphatic heterocycles. The molecule has 146 valence electrons. The Morgan fingerprint density at radius 2 is 1.93 bits per heavy atom. The SMILES string of the molecule is CCCc1nc2c(C)ccnc2n1Cc1ccc(C2(C#N)N=CC(C)=C2I)cc1. The zero-order valence-corrected chi connectivity index (χ0v) is 18.9. The van der Waals surface area contributed by atoms with Gasteiger partial charge in [0.25, 0.3) is 0 Å². The summed E-state index contributed by atoms with van der Waals surface area (Å²) in [5.74, 6) is 1.07. The zero-order chi connectivity index (χ0) is 20.6. The number of nitrogens with zero attached hydrogens (tertiary/aromatic N) is 5. The van der Waals surface area contributed by atoms with E-state index in [0.717, 1.165) is 55.7 Å². The molecule has 0 radical (unpaired) electrons. The van der Waals surface area contributed by atoms with Crippen LogP contribution in [-0.4, -0.2) is 20.7 Å². The highest BCUT2D eigenvalue weighted by molar-refractivity contribution is 14.1. The maximum atomic E-state index is 9.85. The van der Waals surface area contributed by atoms with E-state index in [4.69, 9.17) is 4.98 Å². The molecule has 0 saturated carbocycles. The summed E-state index contributed by atoms with van der Waals surface area (Å²) in [6.07, 6.45) is 5.60. The van der Waals surface area contributed by atoms with Crippen molar-refractivity contribution in [3.63, 3.8) is 0 Å². The largest absolute Gasteiger partial charge is 0.308 e. The highest BCUT2D eigenvalue weighted by Crippen LogP contribution is 2.42. The molecular formula is C23H22IN5.